The number of ether oxygens (including phenoxy) is 1. The van der Waals surface area contributed by atoms with Crippen molar-refractivity contribution in [2.75, 3.05) is 13.1 Å². The minimum absolute atomic E-state index is 0.0961. The van der Waals surface area contributed by atoms with Crippen LogP contribution < -0.4 is 10.5 Å². The average molecular weight is 387 g/mol. The van der Waals surface area contributed by atoms with E-state index in [1.165, 1.54) is 10.4 Å². The van der Waals surface area contributed by atoms with Crippen molar-refractivity contribution < 1.29 is 17.5 Å². The number of nitriles is 1. The number of fused-ring (bicyclic) bond motifs is 3. The highest BCUT2D eigenvalue weighted by molar-refractivity contribution is 7.89. The van der Waals surface area contributed by atoms with E-state index in [4.69, 9.17) is 15.7 Å². The van der Waals surface area contributed by atoms with Gasteiger partial charge in [0.05, 0.1) is 17.0 Å². The molecule has 1 saturated heterocycles. The first-order valence-corrected chi connectivity index (χ1v) is 10.1. The molecule has 2 aliphatic rings. The molecule has 0 spiro atoms. The topological polar surface area (TPSA) is 96.4 Å². The van der Waals surface area contributed by atoms with Crippen molar-refractivity contribution >= 4 is 10.0 Å². The molecule has 140 valence electrons. The van der Waals surface area contributed by atoms with Crippen LogP contribution in [0.2, 0.25) is 0 Å². The molecule has 1 atom stereocenters. The van der Waals surface area contributed by atoms with Gasteiger partial charge in [0.2, 0.25) is 10.0 Å². The Morgan fingerprint density at radius 2 is 2.04 bits per heavy atom. The van der Waals surface area contributed by atoms with Gasteiger partial charge in [-0.15, -0.1) is 0 Å². The van der Waals surface area contributed by atoms with Crippen molar-refractivity contribution in [2.45, 2.75) is 30.4 Å². The molecule has 0 aromatic heterocycles. The molecule has 2 heterocycles. The molecule has 2 aromatic carbocycles. The molecule has 0 amide bonds. The molecule has 0 bridgehead atoms. The normalized spacial score (nSPS) is 17.1. The molecule has 1 unspecified atom stereocenters. The van der Waals surface area contributed by atoms with E-state index in [2.05, 4.69) is 0 Å². The summed E-state index contributed by atoms with van der Waals surface area (Å²) in [4.78, 5) is 0.227. The average Bonchev–Trinajstić information content (AvgIpc) is 2.60. The summed E-state index contributed by atoms with van der Waals surface area (Å²) in [6, 6.07) is 8.87. The van der Waals surface area contributed by atoms with Gasteiger partial charge in [0, 0.05) is 25.1 Å². The second-order valence-corrected chi connectivity index (χ2v) is 8.68. The van der Waals surface area contributed by atoms with Crippen LogP contribution in [0.4, 0.5) is 4.39 Å². The predicted molar refractivity (Wildman–Crippen MR) is 96.8 cm³/mol. The molecule has 2 aromatic rings. The number of hydrogen-bond acceptors (Lipinski definition) is 5. The quantitative estimate of drug-likeness (QED) is 0.867. The van der Waals surface area contributed by atoms with Gasteiger partial charge in [-0.2, -0.15) is 9.57 Å². The van der Waals surface area contributed by atoms with Crippen molar-refractivity contribution in [1.82, 2.24) is 4.31 Å². The first-order chi connectivity index (χ1) is 12.9. The Kier molecular flexibility index (Phi) is 4.38. The molecule has 6 nitrogen and oxygen atoms in total. The first kappa shape index (κ1) is 17.9. The largest absolute Gasteiger partial charge is 0.488 e. The second kappa shape index (κ2) is 6.60. The summed E-state index contributed by atoms with van der Waals surface area (Å²) in [6.45, 7) is 1.27. The molecule has 4 rings (SSSR count). The molecule has 2 aliphatic heterocycles. The molecular weight excluding hydrogens is 369 g/mol. The van der Waals surface area contributed by atoms with Gasteiger partial charge in [-0.3, -0.25) is 0 Å². The Bertz CT molecular complexity index is 1060. The molecule has 8 heteroatoms. The molecule has 27 heavy (non-hydrogen) atoms. The highest BCUT2D eigenvalue weighted by Gasteiger charge is 2.30. The fourth-order valence-electron chi connectivity index (χ4n) is 3.31. The lowest BCUT2D eigenvalue weighted by Gasteiger charge is -2.30. The van der Waals surface area contributed by atoms with E-state index in [1.54, 1.807) is 24.3 Å². The summed E-state index contributed by atoms with van der Waals surface area (Å²) in [5.41, 5.74) is 7.93. The van der Waals surface area contributed by atoms with Gasteiger partial charge < -0.3 is 10.5 Å². The molecule has 1 fully saturated rings. The maximum absolute atomic E-state index is 14.5. The zero-order valence-electron chi connectivity index (χ0n) is 14.5. The van der Waals surface area contributed by atoms with Crippen LogP contribution in [0.1, 0.15) is 17.5 Å². The van der Waals surface area contributed by atoms with Crippen molar-refractivity contribution in [3.63, 3.8) is 0 Å². The summed E-state index contributed by atoms with van der Waals surface area (Å²) in [5.74, 6) is 0.0376. The first-order valence-electron chi connectivity index (χ1n) is 8.64. The maximum atomic E-state index is 14.5. The van der Waals surface area contributed by atoms with Crippen LogP contribution in [-0.2, 0) is 23.1 Å². The monoisotopic (exact) mass is 387 g/mol. The Balaban J connectivity index is 1.72. The standard InChI is InChI=1S/C19H18FN3O3S/c20-18-9-17-16-3-2-15(27(24,25)23-4-1-5-23)7-13(16)11-26-19(17)8-12(18)6-14(22)10-21/h2-3,7-9,14H,1,4-6,11,22H2. The van der Waals surface area contributed by atoms with E-state index < -0.39 is 21.9 Å². The fraction of sp³-hybridized carbons (Fsp3) is 0.316. The number of sulfonamides is 1. The highest BCUT2D eigenvalue weighted by Crippen LogP contribution is 2.40. The number of nitrogens with zero attached hydrogens (tertiary/aromatic N) is 2. The van der Waals surface area contributed by atoms with Gasteiger partial charge >= 0.3 is 0 Å². The zero-order valence-corrected chi connectivity index (χ0v) is 15.3. The Morgan fingerprint density at radius 3 is 2.70 bits per heavy atom. The smallest absolute Gasteiger partial charge is 0.243 e. The van der Waals surface area contributed by atoms with Crippen molar-refractivity contribution in [3.8, 4) is 22.9 Å². The van der Waals surface area contributed by atoms with Crippen LogP contribution in [0.25, 0.3) is 11.1 Å². The molecule has 0 radical (unpaired) electrons. The Hall–Kier alpha value is -2.47. The number of rotatable bonds is 4. The third-order valence-electron chi connectivity index (χ3n) is 4.96. The zero-order chi connectivity index (χ0) is 19.2. The van der Waals surface area contributed by atoms with E-state index in [0.29, 0.717) is 35.5 Å². The summed E-state index contributed by atoms with van der Waals surface area (Å²) >= 11 is 0. The van der Waals surface area contributed by atoms with Gasteiger partial charge in [0.1, 0.15) is 18.2 Å². The maximum Gasteiger partial charge on any atom is 0.243 e. The van der Waals surface area contributed by atoms with Gasteiger partial charge in [0.25, 0.3) is 0 Å². The van der Waals surface area contributed by atoms with E-state index in [9.17, 15) is 12.8 Å². The minimum Gasteiger partial charge on any atom is -0.488 e. The van der Waals surface area contributed by atoms with Crippen LogP contribution in [0.3, 0.4) is 0 Å². The van der Waals surface area contributed by atoms with E-state index in [1.807, 2.05) is 6.07 Å². The van der Waals surface area contributed by atoms with Crippen molar-refractivity contribution in [2.24, 2.45) is 5.73 Å². The van der Waals surface area contributed by atoms with Gasteiger partial charge in [-0.1, -0.05) is 6.07 Å². The van der Waals surface area contributed by atoms with E-state index >= 15 is 0 Å². The third kappa shape index (κ3) is 3.08. The van der Waals surface area contributed by atoms with Crippen LogP contribution in [0, 0.1) is 17.1 Å². The van der Waals surface area contributed by atoms with Crippen molar-refractivity contribution in [1.29, 1.82) is 5.26 Å². The highest BCUT2D eigenvalue weighted by atomic mass is 32.2. The number of nitrogens with two attached hydrogens (primary N) is 1. The number of halogens is 1. The van der Waals surface area contributed by atoms with Crippen molar-refractivity contribution in [3.05, 3.63) is 47.3 Å². The summed E-state index contributed by atoms with van der Waals surface area (Å²) in [7, 11) is -3.49. The fourth-order valence-corrected chi connectivity index (χ4v) is 4.88. The predicted octanol–water partition coefficient (Wildman–Crippen LogP) is 2.17. The summed E-state index contributed by atoms with van der Waals surface area (Å²) in [6.07, 6.45) is 0.969. The minimum atomic E-state index is -3.49. The lowest BCUT2D eigenvalue weighted by Crippen LogP contribution is -2.41. The molecular formula is C19H18FN3O3S. The van der Waals surface area contributed by atoms with Gasteiger partial charge in [-0.05, 0) is 47.4 Å². The second-order valence-electron chi connectivity index (χ2n) is 6.74. The van der Waals surface area contributed by atoms with Gasteiger partial charge in [0.15, 0.2) is 0 Å². The molecule has 0 aliphatic carbocycles. The molecule has 0 saturated carbocycles. The lowest BCUT2D eigenvalue weighted by molar-refractivity contribution is 0.300. The summed E-state index contributed by atoms with van der Waals surface area (Å²) < 4.78 is 46.8. The van der Waals surface area contributed by atoms with Crippen LogP contribution >= 0.6 is 0 Å². The van der Waals surface area contributed by atoms with Crippen LogP contribution in [0.15, 0.2) is 35.2 Å². The lowest BCUT2D eigenvalue weighted by atomic mass is 9.94. The SMILES string of the molecule is N#CC(N)Cc1cc2c(cc1F)-c1ccc(S(=O)(=O)N3CCC3)cc1CO2. The third-order valence-corrected chi connectivity index (χ3v) is 6.85. The van der Waals surface area contributed by atoms with Crippen LogP contribution in [0.5, 0.6) is 5.75 Å². The summed E-state index contributed by atoms with van der Waals surface area (Å²) in [5, 5.41) is 8.83. The molecule has 2 N–H and O–H groups in total. The number of benzene rings is 2. The Labute approximate surface area is 157 Å². The van der Waals surface area contributed by atoms with Gasteiger partial charge in [-0.25, -0.2) is 12.8 Å². The van der Waals surface area contributed by atoms with E-state index in [0.717, 1.165) is 12.0 Å². The van der Waals surface area contributed by atoms with E-state index in [-0.39, 0.29) is 17.9 Å². The Morgan fingerprint density at radius 1 is 1.26 bits per heavy atom. The van der Waals surface area contributed by atoms with Crippen LogP contribution in [-0.4, -0.2) is 31.9 Å². The number of hydrogen-bond donors (Lipinski definition) is 1.